The second-order valence-corrected chi connectivity index (χ2v) is 7.07. The number of hydrogen-bond donors (Lipinski definition) is 3. The van der Waals surface area contributed by atoms with E-state index in [9.17, 15) is 4.79 Å². The van der Waals surface area contributed by atoms with Crippen LogP contribution in [0.2, 0.25) is 0 Å². The minimum atomic E-state index is -4.67. The van der Waals surface area contributed by atoms with Gasteiger partial charge in [0.25, 0.3) is 0 Å². The van der Waals surface area contributed by atoms with E-state index in [0.29, 0.717) is 6.42 Å². The van der Waals surface area contributed by atoms with Crippen molar-refractivity contribution in [2.45, 2.75) is 96.8 Å². The molecule has 0 aromatic carbocycles. The summed E-state index contributed by atoms with van der Waals surface area (Å²) in [6, 6.07) is 0. The molecule has 0 spiro atoms. The molecule has 0 saturated heterocycles. The van der Waals surface area contributed by atoms with Gasteiger partial charge in [0.2, 0.25) is 0 Å². The second-order valence-electron chi connectivity index (χ2n) is 6.18. The fourth-order valence-corrected chi connectivity index (χ4v) is 2.35. The number of carboxylic acids is 1. The van der Waals surface area contributed by atoms with Crippen molar-refractivity contribution >= 4 is 75.5 Å². The van der Waals surface area contributed by atoms with E-state index in [-0.39, 0.29) is 59.1 Å². The first kappa shape index (κ1) is 35.5. The van der Waals surface area contributed by atoms with Gasteiger partial charge in [0, 0.05) is 6.42 Å². The molecule has 3 N–H and O–H groups in total. The molecule has 0 radical (unpaired) electrons. The second kappa shape index (κ2) is 27.1. The van der Waals surface area contributed by atoms with Crippen molar-refractivity contribution in [1.82, 2.24) is 0 Å². The number of rotatable bonds is 15. The van der Waals surface area contributed by atoms with Crippen molar-refractivity contribution in [2.24, 2.45) is 0 Å². The molecule has 0 aliphatic heterocycles. The topological polar surface area (TPSA) is 112 Å². The molecule has 0 bridgehead atoms. The SMILES string of the molecule is CCCCCCCC/C=C\CCCCCCCC(=O)O.O=S(=O)(O)O.[NaH].[NaH]. The first-order valence-corrected chi connectivity index (χ1v) is 10.7. The molecule has 0 heterocycles. The molecule has 0 rings (SSSR count). The van der Waals surface area contributed by atoms with Crippen molar-refractivity contribution < 1.29 is 27.4 Å². The monoisotopic (exact) mass is 428 g/mol. The van der Waals surface area contributed by atoms with Gasteiger partial charge in [0.1, 0.15) is 0 Å². The van der Waals surface area contributed by atoms with Crippen molar-refractivity contribution in [3.63, 3.8) is 0 Å². The molecule has 0 saturated carbocycles. The number of carbonyl (C=O) groups is 1. The van der Waals surface area contributed by atoms with Gasteiger partial charge in [-0.1, -0.05) is 70.4 Å². The molecule has 0 aromatic heterocycles. The number of allylic oxidation sites excluding steroid dienone is 2. The standard InChI is InChI=1S/C18H34O2.2Na.H2O4S.2H/c1-2-3-4-5-6-7-8-9-10-11-12-13-14-15-16-17-18(19)20;;;1-5(2,3)4;;/h9-10H,2-8,11-17H2,1H3,(H,19,20);;;(H2,1,2,3,4);;/b10-9-;;;;;. The zero-order chi connectivity index (χ0) is 19.4. The third-order valence-electron chi connectivity index (χ3n) is 3.65. The summed E-state index contributed by atoms with van der Waals surface area (Å²) in [6.07, 6.45) is 21.2. The summed E-state index contributed by atoms with van der Waals surface area (Å²) in [7, 11) is -4.67. The number of unbranched alkanes of at least 4 members (excludes halogenated alkanes) is 11. The Hall–Kier alpha value is 1.08. The van der Waals surface area contributed by atoms with Crippen LogP contribution in [0, 0.1) is 0 Å². The van der Waals surface area contributed by atoms with Crippen LogP contribution < -0.4 is 0 Å². The molecule has 0 fully saturated rings. The number of hydrogen-bond acceptors (Lipinski definition) is 3. The van der Waals surface area contributed by atoms with Gasteiger partial charge in [-0.3, -0.25) is 13.9 Å². The zero-order valence-electron chi connectivity index (χ0n) is 15.5. The van der Waals surface area contributed by atoms with Gasteiger partial charge in [-0.25, -0.2) is 0 Å². The van der Waals surface area contributed by atoms with E-state index >= 15 is 0 Å². The van der Waals surface area contributed by atoms with Crippen LogP contribution in [-0.2, 0) is 15.2 Å². The van der Waals surface area contributed by atoms with Crippen molar-refractivity contribution in [1.29, 1.82) is 0 Å². The third-order valence-corrected chi connectivity index (χ3v) is 3.65. The Morgan fingerprint density at radius 1 is 0.741 bits per heavy atom. The van der Waals surface area contributed by atoms with Crippen LogP contribution in [0.15, 0.2) is 12.2 Å². The van der Waals surface area contributed by atoms with Gasteiger partial charge in [-0.05, 0) is 32.1 Å². The summed E-state index contributed by atoms with van der Waals surface area (Å²) in [5.41, 5.74) is 0. The Morgan fingerprint density at radius 2 is 1.07 bits per heavy atom. The van der Waals surface area contributed by atoms with E-state index in [1.54, 1.807) is 0 Å². The Kier molecular flexibility index (Phi) is 35.6. The molecule has 0 aromatic rings. The van der Waals surface area contributed by atoms with Crippen molar-refractivity contribution in [3.05, 3.63) is 12.2 Å². The quantitative estimate of drug-likeness (QED) is 0.156. The maximum absolute atomic E-state index is 10.3. The third kappa shape index (κ3) is 52.1. The average molecular weight is 429 g/mol. The molecule has 0 unspecified atom stereocenters. The van der Waals surface area contributed by atoms with E-state index in [1.165, 1.54) is 70.6 Å². The van der Waals surface area contributed by atoms with Crippen molar-refractivity contribution in [2.75, 3.05) is 0 Å². The predicted molar refractivity (Wildman–Crippen MR) is 116 cm³/mol. The molecule has 0 aliphatic carbocycles. The number of carboxylic acid groups (broad SMARTS) is 1. The van der Waals surface area contributed by atoms with E-state index in [1.807, 2.05) is 0 Å². The van der Waals surface area contributed by atoms with Crippen LogP contribution in [-0.4, -0.2) is 87.7 Å². The fourth-order valence-electron chi connectivity index (χ4n) is 2.35. The van der Waals surface area contributed by atoms with Crippen LogP contribution in [0.3, 0.4) is 0 Å². The normalized spacial score (nSPS) is 10.5. The van der Waals surface area contributed by atoms with Gasteiger partial charge < -0.3 is 5.11 Å². The molecule has 9 heteroatoms. The van der Waals surface area contributed by atoms with E-state index in [4.69, 9.17) is 22.6 Å². The fraction of sp³-hybridized carbons (Fsp3) is 0.833. The molecule has 0 aliphatic rings. The van der Waals surface area contributed by atoms with Crippen LogP contribution in [0.4, 0.5) is 0 Å². The van der Waals surface area contributed by atoms with E-state index in [0.717, 1.165) is 12.8 Å². The summed E-state index contributed by atoms with van der Waals surface area (Å²) in [6.45, 7) is 2.26. The van der Waals surface area contributed by atoms with Crippen LogP contribution in [0.1, 0.15) is 96.8 Å². The summed E-state index contributed by atoms with van der Waals surface area (Å²) in [4.78, 5) is 10.3. The van der Waals surface area contributed by atoms with Gasteiger partial charge in [-0.15, -0.1) is 0 Å². The van der Waals surface area contributed by atoms with Gasteiger partial charge in [-0.2, -0.15) is 8.42 Å². The molecular weight excluding hydrogens is 390 g/mol. The minimum absolute atomic E-state index is 0. The number of aliphatic carboxylic acids is 1. The Morgan fingerprint density at radius 3 is 1.44 bits per heavy atom. The summed E-state index contributed by atoms with van der Waals surface area (Å²) in [5.74, 6) is -0.664. The van der Waals surface area contributed by atoms with Gasteiger partial charge in [0.15, 0.2) is 0 Å². The molecule has 154 valence electrons. The van der Waals surface area contributed by atoms with Gasteiger partial charge in [0.05, 0.1) is 0 Å². The van der Waals surface area contributed by atoms with E-state index < -0.39 is 16.4 Å². The molecular formula is C18H38Na2O6S. The molecule has 27 heavy (non-hydrogen) atoms. The van der Waals surface area contributed by atoms with Crippen LogP contribution in [0.5, 0.6) is 0 Å². The Balaban J connectivity index is -0.000000333. The summed E-state index contributed by atoms with van der Waals surface area (Å²) in [5, 5.41) is 8.51. The Bertz CT molecular complexity index is 420. The molecule has 0 atom stereocenters. The summed E-state index contributed by atoms with van der Waals surface area (Å²) >= 11 is 0. The van der Waals surface area contributed by atoms with Gasteiger partial charge >= 0.3 is 75.5 Å². The first-order chi connectivity index (χ1) is 11.8. The average Bonchev–Trinajstić information content (AvgIpc) is 2.49. The molecule has 0 amide bonds. The summed E-state index contributed by atoms with van der Waals surface area (Å²) < 4.78 is 31.6. The zero-order valence-corrected chi connectivity index (χ0v) is 16.3. The maximum atomic E-state index is 10.3. The van der Waals surface area contributed by atoms with Crippen LogP contribution >= 0.6 is 0 Å². The van der Waals surface area contributed by atoms with Crippen molar-refractivity contribution in [3.8, 4) is 0 Å². The molecule has 6 nitrogen and oxygen atoms in total. The Labute approximate surface area is 210 Å². The predicted octanol–water partition coefficient (Wildman–Crippen LogP) is 4.16. The first-order valence-electron chi connectivity index (χ1n) is 9.34. The van der Waals surface area contributed by atoms with Crippen LogP contribution in [0.25, 0.3) is 0 Å². The van der Waals surface area contributed by atoms with E-state index in [2.05, 4.69) is 19.1 Å².